The third-order valence-electron chi connectivity index (χ3n) is 6.06. The van der Waals surface area contributed by atoms with Crippen LogP contribution in [0.2, 0.25) is 10.0 Å². The molecule has 2 aromatic rings. The molecule has 40 heavy (non-hydrogen) atoms. The summed E-state index contributed by atoms with van der Waals surface area (Å²) in [7, 11) is 0. The van der Waals surface area contributed by atoms with Gasteiger partial charge in [0.2, 0.25) is 0 Å². The van der Waals surface area contributed by atoms with Gasteiger partial charge in [0.15, 0.2) is 10.2 Å². The lowest BCUT2D eigenvalue weighted by atomic mass is 10.2. The molecule has 1 aliphatic rings. The summed E-state index contributed by atoms with van der Waals surface area (Å²) in [5, 5.41) is 35.9. The van der Waals surface area contributed by atoms with E-state index in [0.717, 1.165) is 65.2 Å². The summed E-state index contributed by atoms with van der Waals surface area (Å²) in [6, 6.07) is 9.50. The molecule has 216 valence electrons. The molecule has 0 bridgehead atoms. The van der Waals surface area contributed by atoms with E-state index in [2.05, 4.69) is 41.5 Å². The van der Waals surface area contributed by atoms with Crippen molar-refractivity contribution in [2.24, 2.45) is 10.2 Å². The highest BCUT2D eigenvalue weighted by Gasteiger charge is 2.15. The first-order valence-corrected chi connectivity index (χ1v) is 14.4. The van der Waals surface area contributed by atoms with E-state index in [0.29, 0.717) is 31.4 Å². The fraction of sp³-hybridized carbons (Fsp3) is 0.385. The van der Waals surface area contributed by atoms with Crippen LogP contribution in [0.25, 0.3) is 0 Å². The largest absolute Gasteiger partial charge is 0.507 e. The Morgan fingerprint density at radius 1 is 0.750 bits per heavy atom. The van der Waals surface area contributed by atoms with Crippen molar-refractivity contribution in [2.75, 3.05) is 52.4 Å². The highest BCUT2D eigenvalue weighted by atomic mass is 35.5. The van der Waals surface area contributed by atoms with Crippen molar-refractivity contribution >= 4 is 70.3 Å². The Balaban J connectivity index is 1.19. The molecule has 0 radical (unpaired) electrons. The summed E-state index contributed by atoms with van der Waals surface area (Å²) in [6.45, 7) is 7.63. The zero-order valence-corrected chi connectivity index (χ0v) is 25.1. The normalized spacial score (nSPS) is 14.4. The molecule has 1 heterocycles. The molecule has 3 rings (SSSR count). The molecule has 10 nitrogen and oxygen atoms in total. The molecule has 0 spiro atoms. The maximum Gasteiger partial charge on any atom is 0.186 e. The van der Waals surface area contributed by atoms with Crippen molar-refractivity contribution in [1.29, 1.82) is 0 Å². The van der Waals surface area contributed by atoms with E-state index >= 15 is 0 Å². The first-order chi connectivity index (χ1) is 19.3. The Morgan fingerprint density at radius 3 is 1.55 bits per heavy atom. The van der Waals surface area contributed by atoms with E-state index in [9.17, 15) is 10.2 Å². The molecule has 6 N–H and O–H groups in total. The number of hydrogen-bond donors (Lipinski definition) is 6. The van der Waals surface area contributed by atoms with E-state index in [4.69, 9.17) is 47.6 Å². The van der Waals surface area contributed by atoms with E-state index in [1.54, 1.807) is 24.3 Å². The number of benzene rings is 2. The van der Waals surface area contributed by atoms with E-state index in [1.165, 1.54) is 24.6 Å². The minimum Gasteiger partial charge on any atom is -0.507 e. The lowest BCUT2D eigenvalue weighted by Gasteiger charge is -2.34. The van der Waals surface area contributed by atoms with Gasteiger partial charge >= 0.3 is 0 Å². The summed E-state index contributed by atoms with van der Waals surface area (Å²) in [4.78, 5) is 4.92. The fourth-order valence-electron chi connectivity index (χ4n) is 3.90. The van der Waals surface area contributed by atoms with Gasteiger partial charge in [-0.1, -0.05) is 23.2 Å². The van der Waals surface area contributed by atoms with Crippen LogP contribution in [0.3, 0.4) is 0 Å². The van der Waals surface area contributed by atoms with Gasteiger partial charge in [-0.25, -0.2) is 0 Å². The van der Waals surface area contributed by atoms with Gasteiger partial charge in [-0.05, 0) is 86.8 Å². The SMILES string of the molecule is Oc1ccc(Cl)cc1/C=N\NC(=S)NCCCN1CCN(CCCNC(=S)N/N=C/c2cc(Cl)ccc2O)CC1. The number of thiocarbonyl (C=S) groups is 2. The molecule has 0 saturated carbocycles. The maximum absolute atomic E-state index is 9.80. The minimum atomic E-state index is 0.0992. The Labute approximate surface area is 255 Å². The number of hydrogen-bond acceptors (Lipinski definition) is 8. The predicted octanol–water partition coefficient (Wildman–Crippen LogP) is 3.10. The molecule has 0 amide bonds. The molecule has 0 atom stereocenters. The van der Waals surface area contributed by atoms with Gasteiger partial charge in [0.1, 0.15) is 11.5 Å². The zero-order chi connectivity index (χ0) is 28.7. The van der Waals surface area contributed by atoms with Crippen LogP contribution in [0, 0.1) is 0 Å². The van der Waals surface area contributed by atoms with Crippen LogP contribution in [0.1, 0.15) is 24.0 Å². The lowest BCUT2D eigenvalue weighted by Crippen LogP contribution is -2.47. The second-order valence-electron chi connectivity index (χ2n) is 9.05. The maximum atomic E-state index is 9.80. The Kier molecular flexibility index (Phi) is 13.6. The average Bonchev–Trinajstić information content (AvgIpc) is 2.93. The molecular weight excluding hydrogens is 591 g/mol. The van der Waals surface area contributed by atoms with E-state index in [1.807, 2.05) is 0 Å². The second kappa shape index (κ2) is 17.2. The number of rotatable bonds is 12. The molecule has 0 aromatic heterocycles. The summed E-state index contributed by atoms with van der Waals surface area (Å²) in [6.07, 6.45) is 4.88. The Bertz CT molecular complexity index is 1100. The van der Waals surface area contributed by atoms with Gasteiger partial charge < -0.3 is 30.6 Å². The number of halogens is 2. The third-order valence-corrected chi connectivity index (χ3v) is 7.00. The lowest BCUT2D eigenvalue weighted by molar-refractivity contribution is 0.131. The summed E-state index contributed by atoms with van der Waals surface area (Å²) >= 11 is 22.4. The van der Waals surface area contributed by atoms with Crippen LogP contribution < -0.4 is 21.5 Å². The van der Waals surface area contributed by atoms with Gasteiger partial charge in [-0.15, -0.1) is 0 Å². The van der Waals surface area contributed by atoms with E-state index in [-0.39, 0.29) is 11.5 Å². The van der Waals surface area contributed by atoms with Crippen molar-refractivity contribution in [3.63, 3.8) is 0 Å². The second-order valence-corrected chi connectivity index (χ2v) is 10.7. The molecule has 2 aromatic carbocycles. The third kappa shape index (κ3) is 11.8. The number of aromatic hydroxyl groups is 2. The smallest absolute Gasteiger partial charge is 0.186 e. The molecule has 0 unspecified atom stereocenters. The van der Waals surface area contributed by atoms with Crippen LogP contribution >= 0.6 is 47.6 Å². The monoisotopic (exact) mass is 624 g/mol. The molecule has 14 heteroatoms. The predicted molar refractivity (Wildman–Crippen MR) is 171 cm³/mol. The van der Waals surface area contributed by atoms with Crippen molar-refractivity contribution in [1.82, 2.24) is 31.3 Å². The number of hydrazone groups is 2. The Morgan fingerprint density at radius 2 is 1.15 bits per heavy atom. The highest BCUT2D eigenvalue weighted by molar-refractivity contribution is 7.80. The number of piperazine rings is 1. The van der Waals surface area contributed by atoms with Crippen molar-refractivity contribution in [3.8, 4) is 11.5 Å². The van der Waals surface area contributed by atoms with Crippen LogP contribution in [-0.2, 0) is 0 Å². The standard InChI is InChI=1S/C26H34Cl2N8O2S2/c27-21-3-5-23(37)19(15-21)17-31-33-25(39)29-7-1-9-35-11-13-36(14-12-35)10-2-8-30-26(40)34-32-18-20-16-22(28)4-6-24(20)38/h3-6,15-18,37-38H,1-2,7-14H2,(H2,29,33,39)(H2,30,34,40)/b31-17-,32-18+. The van der Waals surface area contributed by atoms with Crippen molar-refractivity contribution in [3.05, 3.63) is 57.6 Å². The zero-order valence-electron chi connectivity index (χ0n) is 21.9. The molecule has 0 aliphatic carbocycles. The molecule has 1 aliphatic heterocycles. The summed E-state index contributed by atoms with van der Waals surface area (Å²) in [5.41, 5.74) is 6.53. The molecule has 1 fully saturated rings. The minimum absolute atomic E-state index is 0.0992. The number of phenols is 2. The Hall–Kier alpha value is -2.74. The van der Waals surface area contributed by atoms with Gasteiger partial charge in [0.05, 0.1) is 12.4 Å². The fourth-order valence-corrected chi connectivity index (χ4v) is 4.57. The van der Waals surface area contributed by atoms with Gasteiger partial charge in [-0.2, -0.15) is 10.2 Å². The first-order valence-electron chi connectivity index (χ1n) is 12.9. The van der Waals surface area contributed by atoms with Crippen LogP contribution in [0.4, 0.5) is 0 Å². The van der Waals surface area contributed by atoms with Crippen LogP contribution in [0.5, 0.6) is 11.5 Å². The average molecular weight is 626 g/mol. The van der Waals surface area contributed by atoms with Gasteiger partial charge in [-0.3, -0.25) is 10.9 Å². The summed E-state index contributed by atoms with van der Waals surface area (Å²) in [5.74, 6) is 0.198. The van der Waals surface area contributed by atoms with Crippen LogP contribution in [0.15, 0.2) is 46.6 Å². The highest BCUT2D eigenvalue weighted by Crippen LogP contribution is 2.20. The number of nitrogens with one attached hydrogen (secondary N) is 4. The number of nitrogens with zero attached hydrogens (tertiary/aromatic N) is 4. The van der Waals surface area contributed by atoms with Crippen molar-refractivity contribution in [2.45, 2.75) is 12.8 Å². The molecular formula is C26H34Cl2N8O2S2. The number of phenolic OH excluding ortho intramolecular Hbond substituents is 2. The molecule has 1 saturated heterocycles. The summed E-state index contributed by atoms with van der Waals surface area (Å²) < 4.78 is 0. The quantitative estimate of drug-likeness (QED) is 0.0909. The van der Waals surface area contributed by atoms with Gasteiger partial charge in [0.25, 0.3) is 0 Å². The topological polar surface area (TPSA) is 120 Å². The van der Waals surface area contributed by atoms with Crippen LogP contribution in [-0.4, -0.2) is 95.0 Å². The van der Waals surface area contributed by atoms with Crippen molar-refractivity contribution < 1.29 is 10.2 Å². The first kappa shape index (κ1) is 31.8. The van der Waals surface area contributed by atoms with Gasteiger partial charge in [0, 0.05) is 60.4 Å². The van der Waals surface area contributed by atoms with E-state index < -0.39 is 0 Å².